The number of imidazole rings is 1. The highest BCUT2D eigenvalue weighted by atomic mass is 127. The lowest BCUT2D eigenvalue weighted by molar-refractivity contribution is 0.370. The molecule has 1 aromatic carbocycles. The van der Waals surface area contributed by atoms with Gasteiger partial charge in [0.15, 0.2) is 5.96 Å². The first-order chi connectivity index (χ1) is 12.0. The number of fused-ring (bicyclic) bond motifs is 1. The smallest absolute Gasteiger partial charge is 0.193 e. The Balaban J connectivity index is 0.00000243. The van der Waals surface area contributed by atoms with E-state index in [0.29, 0.717) is 5.41 Å². The summed E-state index contributed by atoms with van der Waals surface area (Å²) >= 11 is 0. The summed E-state index contributed by atoms with van der Waals surface area (Å²) in [7, 11) is 0. The van der Waals surface area contributed by atoms with Crippen LogP contribution in [0.1, 0.15) is 39.4 Å². The second kappa shape index (κ2) is 9.06. The molecule has 5 nitrogen and oxygen atoms in total. The van der Waals surface area contributed by atoms with Gasteiger partial charge in [0.05, 0.1) is 11.0 Å². The zero-order valence-corrected chi connectivity index (χ0v) is 18.8. The molecule has 0 spiro atoms. The van der Waals surface area contributed by atoms with Crippen LogP contribution in [0.4, 0.5) is 0 Å². The Morgan fingerprint density at radius 1 is 1.31 bits per heavy atom. The van der Waals surface area contributed by atoms with Gasteiger partial charge in [0.2, 0.25) is 0 Å². The van der Waals surface area contributed by atoms with Crippen LogP contribution < -0.4 is 5.32 Å². The van der Waals surface area contributed by atoms with Gasteiger partial charge in [0, 0.05) is 32.7 Å². The van der Waals surface area contributed by atoms with Crippen molar-refractivity contribution in [1.29, 1.82) is 0 Å². The Morgan fingerprint density at radius 3 is 2.77 bits per heavy atom. The third-order valence-corrected chi connectivity index (χ3v) is 4.96. The number of nitrogens with one attached hydrogen (secondary N) is 1. The lowest BCUT2D eigenvalue weighted by Gasteiger charge is -2.23. The first kappa shape index (κ1) is 21.0. The van der Waals surface area contributed by atoms with Crippen LogP contribution in [0.25, 0.3) is 11.0 Å². The summed E-state index contributed by atoms with van der Waals surface area (Å²) in [4.78, 5) is 11.9. The molecule has 1 aliphatic rings. The van der Waals surface area contributed by atoms with Crippen molar-refractivity contribution < 1.29 is 0 Å². The molecule has 1 aliphatic heterocycles. The first-order valence-corrected chi connectivity index (χ1v) is 9.45. The zero-order valence-electron chi connectivity index (χ0n) is 16.5. The van der Waals surface area contributed by atoms with Crippen molar-refractivity contribution in [2.45, 2.75) is 47.1 Å². The maximum absolute atomic E-state index is 4.87. The largest absolute Gasteiger partial charge is 0.357 e. The Bertz CT molecular complexity index is 750. The van der Waals surface area contributed by atoms with E-state index in [9.17, 15) is 0 Å². The van der Waals surface area contributed by atoms with E-state index in [0.717, 1.165) is 56.4 Å². The van der Waals surface area contributed by atoms with Gasteiger partial charge in [0.25, 0.3) is 0 Å². The van der Waals surface area contributed by atoms with Crippen molar-refractivity contribution >= 4 is 41.0 Å². The van der Waals surface area contributed by atoms with Crippen molar-refractivity contribution in [2.24, 2.45) is 10.4 Å². The van der Waals surface area contributed by atoms with Crippen LogP contribution in [0.5, 0.6) is 0 Å². The van der Waals surface area contributed by atoms with E-state index in [-0.39, 0.29) is 24.0 Å². The van der Waals surface area contributed by atoms with Gasteiger partial charge in [-0.3, -0.25) is 4.99 Å². The van der Waals surface area contributed by atoms with E-state index >= 15 is 0 Å². The van der Waals surface area contributed by atoms with Gasteiger partial charge in [0.1, 0.15) is 5.82 Å². The molecule has 0 radical (unpaired) electrons. The Morgan fingerprint density at radius 2 is 2.08 bits per heavy atom. The number of hydrogen-bond acceptors (Lipinski definition) is 2. The summed E-state index contributed by atoms with van der Waals surface area (Å²) in [5.74, 6) is 2.15. The number of para-hydroxylation sites is 2. The number of halogens is 1. The third-order valence-electron chi connectivity index (χ3n) is 4.96. The van der Waals surface area contributed by atoms with Crippen LogP contribution in [0, 0.1) is 12.3 Å². The van der Waals surface area contributed by atoms with Gasteiger partial charge >= 0.3 is 0 Å². The van der Waals surface area contributed by atoms with Gasteiger partial charge in [-0.1, -0.05) is 26.0 Å². The Hall–Kier alpha value is -1.31. The molecular weight excluding hydrogens is 437 g/mol. The zero-order chi connectivity index (χ0) is 17.9. The summed E-state index contributed by atoms with van der Waals surface area (Å²) in [5.41, 5.74) is 2.69. The van der Waals surface area contributed by atoms with Crippen LogP contribution in [0.2, 0.25) is 0 Å². The number of aromatic nitrogens is 2. The summed E-state index contributed by atoms with van der Waals surface area (Å²) in [6, 6.07) is 8.35. The SMILES string of the molecule is CCNC(=NCCCn1c(C)nc2ccccc21)N1CCC(C)(C)C1.I. The van der Waals surface area contributed by atoms with Gasteiger partial charge in [-0.15, -0.1) is 24.0 Å². The number of rotatable bonds is 5. The second-order valence-corrected chi connectivity index (χ2v) is 7.72. The van der Waals surface area contributed by atoms with Crippen molar-refractivity contribution in [3.05, 3.63) is 30.1 Å². The minimum atomic E-state index is 0. The van der Waals surface area contributed by atoms with Crippen molar-refractivity contribution in [3.63, 3.8) is 0 Å². The van der Waals surface area contributed by atoms with Crippen molar-refractivity contribution in [3.8, 4) is 0 Å². The molecular formula is C20H32IN5. The molecule has 2 heterocycles. The lowest BCUT2D eigenvalue weighted by Crippen LogP contribution is -2.40. The number of benzene rings is 1. The van der Waals surface area contributed by atoms with Crippen LogP contribution in [0.3, 0.4) is 0 Å². The first-order valence-electron chi connectivity index (χ1n) is 9.45. The standard InChI is InChI=1S/C20H31N5.HI/c1-5-21-19(24-14-11-20(3,4)15-24)22-12-8-13-25-16(2)23-17-9-6-7-10-18(17)25;/h6-7,9-10H,5,8,11-15H2,1-4H3,(H,21,22);1H. The van der Waals surface area contributed by atoms with Crippen LogP contribution >= 0.6 is 24.0 Å². The highest BCUT2D eigenvalue weighted by molar-refractivity contribution is 14.0. The van der Waals surface area contributed by atoms with Gasteiger partial charge in [-0.05, 0) is 44.2 Å². The fourth-order valence-corrected chi connectivity index (χ4v) is 3.61. The number of guanidine groups is 1. The summed E-state index contributed by atoms with van der Waals surface area (Å²) in [5, 5.41) is 3.45. The quantitative estimate of drug-likeness (QED) is 0.311. The van der Waals surface area contributed by atoms with E-state index in [1.807, 2.05) is 6.07 Å². The molecule has 1 aromatic heterocycles. The second-order valence-electron chi connectivity index (χ2n) is 7.72. The number of nitrogens with zero attached hydrogens (tertiary/aromatic N) is 4. The molecule has 1 N–H and O–H groups in total. The topological polar surface area (TPSA) is 45.5 Å². The third kappa shape index (κ3) is 4.90. The number of aryl methyl sites for hydroxylation is 2. The normalized spacial score (nSPS) is 16.8. The molecule has 0 unspecified atom stereocenters. The van der Waals surface area contributed by atoms with Crippen LogP contribution in [-0.2, 0) is 6.54 Å². The van der Waals surface area contributed by atoms with Gasteiger partial charge < -0.3 is 14.8 Å². The van der Waals surface area contributed by atoms with Crippen LogP contribution in [0.15, 0.2) is 29.3 Å². The number of hydrogen-bond donors (Lipinski definition) is 1. The van der Waals surface area contributed by atoms with E-state index in [1.54, 1.807) is 0 Å². The summed E-state index contributed by atoms with van der Waals surface area (Å²) in [6.07, 6.45) is 2.25. The van der Waals surface area contributed by atoms with Crippen LogP contribution in [-0.4, -0.2) is 46.6 Å². The number of likely N-dealkylation sites (tertiary alicyclic amines) is 1. The van der Waals surface area contributed by atoms with Crippen molar-refractivity contribution in [1.82, 2.24) is 19.8 Å². The minimum absolute atomic E-state index is 0. The molecule has 1 fully saturated rings. The molecule has 0 atom stereocenters. The monoisotopic (exact) mass is 469 g/mol. The van der Waals surface area contributed by atoms with Crippen molar-refractivity contribution in [2.75, 3.05) is 26.2 Å². The predicted octanol–water partition coefficient (Wildman–Crippen LogP) is 4.05. The molecule has 2 aromatic rings. The van der Waals surface area contributed by atoms with E-state index in [4.69, 9.17) is 4.99 Å². The fraction of sp³-hybridized carbons (Fsp3) is 0.600. The minimum Gasteiger partial charge on any atom is -0.357 e. The Labute approximate surface area is 174 Å². The maximum atomic E-state index is 4.87. The molecule has 0 aliphatic carbocycles. The van der Waals surface area contributed by atoms with E-state index in [2.05, 4.69) is 65.7 Å². The molecule has 1 saturated heterocycles. The molecule has 6 heteroatoms. The highest BCUT2D eigenvalue weighted by Crippen LogP contribution is 2.28. The molecule has 0 bridgehead atoms. The number of aliphatic imine (C=N–C) groups is 1. The van der Waals surface area contributed by atoms with E-state index < -0.39 is 0 Å². The van der Waals surface area contributed by atoms with Gasteiger partial charge in [-0.25, -0.2) is 4.98 Å². The molecule has 144 valence electrons. The Kier molecular flexibility index (Phi) is 7.32. The fourth-order valence-electron chi connectivity index (χ4n) is 3.61. The highest BCUT2D eigenvalue weighted by Gasteiger charge is 2.30. The maximum Gasteiger partial charge on any atom is 0.193 e. The lowest BCUT2D eigenvalue weighted by atomic mass is 9.93. The molecule has 26 heavy (non-hydrogen) atoms. The van der Waals surface area contributed by atoms with E-state index in [1.165, 1.54) is 11.9 Å². The molecule has 3 rings (SSSR count). The molecule has 0 amide bonds. The average molecular weight is 469 g/mol. The summed E-state index contributed by atoms with van der Waals surface area (Å²) < 4.78 is 2.30. The average Bonchev–Trinajstić information content (AvgIpc) is 3.09. The summed E-state index contributed by atoms with van der Waals surface area (Å²) in [6.45, 7) is 13.8. The molecule has 0 saturated carbocycles. The van der Waals surface area contributed by atoms with Gasteiger partial charge in [-0.2, -0.15) is 0 Å². The predicted molar refractivity (Wildman–Crippen MR) is 120 cm³/mol.